The summed E-state index contributed by atoms with van der Waals surface area (Å²) in [5.41, 5.74) is 7.18. The fraction of sp³-hybridized carbons (Fsp3) is 0. The summed E-state index contributed by atoms with van der Waals surface area (Å²) in [5, 5.41) is 6.09. The molecule has 0 spiro atoms. The summed E-state index contributed by atoms with van der Waals surface area (Å²) in [6.45, 7) is 0. The molecule has 0 fully saturated rings. The van der Waals surface area contributed by atoms with Crippen LogP contribution in [0.5, 0.6) is 0 Å². The Morgan fingerprint density at radius 1 is 0.462 bits per heavy atom. The molecule has 0 saturated carbocycles. The molecule has 0 aliphatic rings. The normalized spacial score (nSPS) is 13.2. The Kier molecular flexibility index (Phi) is 5.17. The van der Waals surface area contributed by atoms with Crippen molar-refractivity contribution in [3.8, 4) is 34.0 Å². The second kappa shape index (κ2) is 11.2. The molecule has 0 aliphatic carbocycles. The van der Waals surface area contributed by atoms with Crippen LogP contribution in [0, 0.1) is 0 Å². The van der Waals surface area contributed by atoms with Crippen molar-refractivity contribution in [2.24, 2.45) is 0 Å². The van der Waals surface area contributed by atoms with Crippen LogP contribution in [0.2, 0.25) is 0 Å². The van der Waals surface area contributed by atoms with Crippen LogP contribution in [-0.2, 0) is 0 Å². The molecule has 0 atom stereocenters. The molecule has 6 nitrogen and oxygen atoms in total. The van der Waals surface area contributed by atoms with Crippen LogP contribution in [0.4, 0.5) is 0 Å². The lowest BCUT2D eigenvalue weighted by molar-refractivity contribution is 1.05. The number of para-hydroxylation sites is 2. The summed E-state index contributed by atoms with van der Waals surface area (Å²) in [5.74, 6) is 0.964. The first-order chi connectivity index (χ1) is 27.9. The van der Waals surface area contributed by atoms with Gasteiger partial charge in [0, 0.05) is 45.2 Å². The second-order valence-electron chi connectivity index (χ2n) is 12.8. The Hall–Kier alpha value is -7.18. The van der Waals surface area contributed by atoms with E-state index in [-0.39, 0.29) is 17.8 Å². The maximum Gasteiger partial charge on any atom is 0.184 e. The highest BCUT2D eigenvalue weighted by Crippen LogP contribution is 2.39. The summed E-state index contributed by atoms with van der Waals surface area (Å²) in [4.78, 5) is 19.7. The average molecular weight is 670 g/mol. The van der Waals surface area contributed by atoms with Gasteiger partial charge < -0.3 is 4.57 Å². The van der Waals surface area contributed by atoms with Crippen LogP contribution in [-0.4, -0.2) is 29.1 Å². The van der Waals surface area contributed by atoms with Gasteiger partial charge >= 0.3 is 0 Å². The van der Waals surface area contributed by atoms with E-state index < -0.39 is 18.1 Å². The number of nitrogens with zero attached hydrogens (tertiary/aromatic N) is 6. The van der Waals surface area contributed by atoms with E-state index in [1.807, 2.05) is 66.7 Å². The van der Waals surface area contributed by atoms with Crippen LogP contribution in [0.25, 0.3) is 99.6 Å². The molecule has 6 heteroatoms. The molecule has 7 aromatic carbocycles. The lowest BCUT2D eigenvalue weighted by Gasteiger charge is -2.12. The van der Waals surface area contributed by atoms with Crippen molar-refractivity contribution in [3.63, 3.8) is 0 Å². The first kappa shape index (κ1) is 24.1. The van der Waals surface area contributed by atoms with Crippen molar-refractivity contribution in [3.05, 3.63) is 170 Å². The van der Waals surface area contributed by atoms with Crippen molar-refractivity contribution < 1.29 is 6.85 Å². The molecule has 4 heterocycles. The molecule has 0 radical (unpaired) electrons. The zero-order valence-electron chi connectivity index (χ0n) is 32.5. The van der Waals surface area contributed by atoms with Gasteiger partial charge in [-0.1, -0.05) is 109 Å². The molecule has 0 saturated heterocycles. The van der Waals surface area contributed by atoms with Gasteiger partial charge in [0.15, 0.2) is 22.8 Å². The van der Waals surface area contributed by atoms with Gasteiger partial charge in [-0.25, -0.2) is 19.9 Å². The minimum Gasteiger partial charge on any atom is -0.309 e. The third kappa shape index (κ3) is 4.31. The Bertz CT molecular complexity index is 3460. The molecule has 0 bridgehead atoms. The summed E-state index contributed by atoms with van der Waals surface area (Å²) in [7, 11) is 0. The summed E-state index contributed by atoms with van der Waals surface area (Å²) >= 11 is 0. The standard InChI is InChI=1S/C46H28N6/c1-3-11-29(12-4-1)32-20-22-40-37(26-32)38-25-30-13-7-8-14-31(30)27-42(38)52(40)46-43-45(48-24-23-47-43)49-44(50-46)33-19-21-36-35-17-9-10-18-39(35)51(41(36)28-33)34-15-5-2-6-16-34/h1-28H/i2D,5D,6D,15D,16D. The van der Waals surface area contributed by atoms with E-state index in [1.165, 1.54) is 0 Å². The van der Waals surface area contributed by atoms with Crippen molar-refractivity contribution in [2.45, 2.75) is 0 Å². The highest BCUT2D eigenvalue weighted by molar-refractivity contribution is 6.15. The molecule has 0 amide bonds. The number of hydrogen-bond acceptors (Lipinski definition) is 4. The lowest BCUT2D eigenvalue weighted by Crippen LogP contribution is -2.05. The Labute approximate surface area is 304 Å². The smallest absolute Gasteiger partial charge is 0.184 e. The number of fused-ring (bicyclic) bond motifs is 8. The minimum atomic E-state index is -0.442. The zero-order chi connectivity index (χ0) is 38.5. The average Bonchev–Trinajstić information content (AvgIpc) is 3.75. The predicted molar refractivity (Wildman–Crippen MR) is 212 cm³/mol. The largest absolute Gasteiger partial charge is 0.309 e. The molecule has 11 aromatic rings. The first-order valence-corrected chi connectivity index (χ1v) is 17.0. The van der Waals surface area contributed by atoms with E-state index in [4.69, 9.17) is 21.8 Å². The van der Waals surface area contributed by atoms with E-state index in [2.05, 4.69) is 70.2 Å². The van der Waals surface area contributed by atoms with Crippen LogP contribution >= 0.6 is 0 Å². The van der Waals surface area contributed by atoms with Gasteiger partial charge in [0.1, 0.15) is 0 Å². The summed E-state index contributed by atoms with van der Waals surface area (Å²) < 4.78 is 46.8. The number of hydrogen-bond donors (Lipinski definition) is 0. The highest BCUT2D eigenvalue weighted by Gasteiger charge is 2.21. The van der Waals surface area contributed by atoms with E-state index in [0.717, 1.165) is 54.5 Å². The van der Waals surface area contributed by atoms with Gasteiger partial charge in [0.2, 0.25) is 0 Å². The minimum absolute atomic E-state index is 0.0720. The van der Waals surface area contributed by atoms with E-state index in [9.17, 15) is 0 Å². The maximum atomic E-state index is 8.89. The first-order valence-electron chi connectivity index (χ1n) is 19.5. The quantitative estimate of drug-likeness (QED) is 0.187. The summed E-state index contributed by atoms with van der Waals surface area (Å²) in [6, 6.07) is 41.3. The Morgan fingerprint density at radius 2 is 1.15 bits per heavy atom. The molecular weight excluding hydrogens is 637 g/mol. The topological polar surface area (TPSA) is 61.4 Å². The predicted octanol–water partition coefficient (Wildman–Crippen LogP) is 11.1. The van der Waals surface area contributed by atoms with Crippen molar-refractivity contribution in [1.82, 2.24) is 29.1 Å². The molecule has 0 unspecified atom stereocenters. The van der Waals surface area contributed by atoms with Gasteiger partial charge in [0.25, 0.3) is 0 Å². The Balaban J connectivity index is 1.20. The fourth-order valence-corrected chi connectivity index (χ4v) is 7.58. The van der Waals surface area contributed by atoms with Crippen molar-refractivity contribution >= 4 is 65.5 Å². The lowest BCUT2D eigenvalue weighted by atomic mass is 10.0. The van der Waals surface area contributed by atoms with Crippen LogP contribution in [0.3, 0.4) is 0 Å². The van der Waals surface area contributed by atoms with E-state index in [0.29, 0.717) is 39.4 Å². The van der Waals surface area contributed by atoms with Gasteiger partial charge in [-0.2, -0.15) is 0 Å². The van der Waals surface area contributed by atoms with E-state index in [1.54, 1.807) is 17.0 Å². The Morgan fingerprint density at radius 3 is 2.04 bits per heavy atom. The van der Waals surface area contributed by atoms with Crippen LogP contribution in [0.15, 0.2) is 170 Å². The molecule has 52 heavy (non-hydrogen) atoms. The maximum absolute atomic E-state index is 8.89. The molecule has 242 valence electrons. The van der Waals surface area contributed by atoms with Gasteiger partial charge in [-0.3, -0.25) is 4.57 Å². The third-order valence-electron chi connectivity index (χ3n) is 9.91. The molecule has 0 N–H and O–H groups in total. The fourth-order valence-electron chi connectivity index (χ4n) is 7.58. The monoisotopic (exact) mass is 669 g/mol. The molecule has 11 rings (SSSR count). The number of benzene rings is 7. The highest BCUT2D eigenvalue weighted by atomic mass is 15.1. The van der Waals surface area contributed by atoms with E-state index >= 15 is 0 Å². The van der Waals surface area contributed by atoms with Crippen molar-refractivity contribution in [2.75, 3.05) is 0 Å². The van der Waals surface area contributed by atoms with Crippen LogP contribution < -0.4 is 0 Å². The van der Waals surface area contributed by atoms with Gasteiger partial charge in [0.05, 0.1) is 28.9 Å². The summed E-state index contributed by atoms with van der Waals surface area (Å²) in [6.07, 6.45) is 3.27. The van der Waals surface area contributed by atoms with Crippen molar-refractivity contribution in [1.29, 1.82) is 0 Å². The SMILES string of the molecule is [2H]c1c([2H])c([2H])c(-n2c3ccccc3c3ccc(-c4nc(-n5c6ccc(-c7ccccc7)cc6c6cc7ccccc7cc65)c5nccnc5n4)cc32)c([2H])c1[2H]. The number of aromatic nitrogens is 6. The second-order valence-corrected chi connectivity index (χ2v) is 12.8. The van der Waals surface area contributed by atoms with Gasteiger partial charge in [-0.05, 0) is 70.4 Å². The number of rotatable bonds is 4. The zero-order valence-corrected chi connectivity index (χ0v) is 27.5. The molecule has 0 aliphatic heterocycles. The van der Waals surface area contributed by atoms with Gasteiger partial charge in [-0.15, -0.1) is 0 Å². The molecular formula is C46H28N6. The molecule has 4 aromatic heterocycles. The third-order valence-corrected chi connectivity index (χ3v) is 9.91. The van der Waals surface area contributed by atoms with Crippen LogP contribution in [0.1, 0.15) is 6.85 Å².